The van der Waals surface area contributed by atoms with E-state index in [0.29, 0.717) is 18.8 Å². The molecule has 2 rings (SSSR count). The summed E-state index contributed by atoms with van der Waals surface area (Å²) >= 11 is 0. The second kappa shape index (κ2) is 6.15. The quantitative estimate of drug-likeness (QED) is 0.848. The number of carboxylic acid groups (broad SMARTS) is 1. The van der Waals surface area contributed by atoms with Gasteiger partial charge in [-0.05, 0) is 25.7 Å². The third-order valence-corrected chi connectivity index (χ3v) is 5.47. The minimum atomic E-state index is -3.62. The van der Waals surface area contributed by atoms with Crippen molar-refractivity contribution in [3.05, 3.63) is 12.0 Å². The van der Waals surface area contributed by atoms with Crippen molar-refractivity contribution in [1.29, 1.82) is 0 Å². The van der Waals surface area contributed by atoms with Crippen LogP contribution < -0.4 is 0 Å². The van der Waals surface area contributed by atoms with Crippen molar-refractivity contribution in [2.75, 3.05) is 13.1 Å². The van der Waals surface area contributed by atoms with Gasteiger partial charge in [0.25, 0.3) is 10.0 Å². The normalized spacial score (nSPS) is 20.0. The molecule has 8 heteroatoms. The van der Waals surface area contributed by atoms with Gasteiger partial charge in [-0.3, -0.25) is 4.79 Å². The molecule has 1 aliphatic rings. The predicted octanol–water partition coefficient (Wildman–Crippen LogP) is 1.09. The van der Waals surface area contributed by atoms with Crippen LogP contribution in [0.1, 0.15) is 32.0 Å². The van der Waals surface area contributed by atoms with Gasteiger partial charge < -0.3 is 9.67 Å². The lowest BCUT2D eigenvalue weighted by Gasteiger charge is -2.14. The zero-order chi connectivity index (χ0) is 15.6. The lowest BCUT2D eigenvalue weighted by Crippen LogP contribution is -2.29. The van der Waals surface area contributed by atoms with Gasteiger partial charge in [0.15, 0.2) is 5.03 Å². The summed E-state index contributed by atoms with van der Waals surface area (Å²) in [6.45, 7) is 5.15. The van der Waals surface area contributed by atoms with Gasteiger partial charge in [-0.15, -0.1) is 0 Å². The molecule has 1 aromatic heterocycles. The van der Waals surface area contributed by atoms with E-state index in [1.165, 1.54) is 4.31 Å². The molecule has 1 aromatic rings. The van der Waals surface area contributed by atoms with Gasteiger partial charge in [0.05, 0.1) is 0 Å². The van der Waals surface area contributed by atoms with Gasteiger partial charge in [-0.1, -0.05) is 6.92 Å². The summed E-state index contributed by atoms with van der Waals surface area (Å²) < 4.78 is 28.3. The van der Waals surface area contributed by atoms with E-state index in [0.717, 1.165) is 13.0 Å². The van der Waals surface area contributed by atoms with Gasteiger partial charge in [0, 0.05) is 32.3 Å². The fraction of sp³-hybridized carbons (Fsp3) is 0.692. The second-order valence-corrected chi connectivity index (χ2v) is 7.32. The third kappa shape index (κ3) is 3.44. The monoisotopic (exact) mass is 315 g/mol. The lowest BCUT2D eigenvalue weighted by molar-refractivity contribution is -0.137. The molecule has 0 bridgehead atoms. The average molecular weight is 315 g/mol. The van der Waals surface area contributed by atoms with E-state index in [9.17, 15) is 13.2 Å². The number of hydrogen-bond donors (Lipinski definition) is 1. The van der Waals surface area contributed by atoms with Gasteiger partial charge >= 0.3 is 5.97 Å². The second-order valence-electron chi connectivity index (χ2n) is 5.44. The van der Waals surface area contributed by atoms with E-state index in [-0.39, 0.29) is 23.9 Å². The summed E-state index contributed by atoms with van der Waals surface area (Å²) in [6.07, 6.45) is 3.06. The first-order valence-electron chi connectivity index (χ1n) is 7.10. The van der Waals surface area contributed by atoms with Crippen LogP contribution >= 0.6 is 0 Å². The number of imidazole rings is 1. The Morgan fingerprint density at radius 3 is 2.86 bits per heavy atom. The number of sulfonamides is 1. The number of carbonyl (C=O) groups is 1. The zero-order valence-corrected chi connectivity index (χ0v) is 13.1. The fourth-order valence-electron chi connectivity index (χ4n) is 2.63. The molecule has 0 saturated carbocycles. The van der Waals surface area contributed by atoms with Crippen molar-refractivity contribution in [3.63, 3.8) is 0 Å². The van der Waals surface area contributed by atoms with Gasteiger partial charge in [-0.25, -0.2) is 13.4 Å². The molecule has 21 heavy (non-hydrogen) atoms. The standard InChI is InChI=1S/C13H21N3O4S/c1-3-5-15-9-12(14-10(15)2)21(19,20)16-6-4-11(8-16)7-13(17)18/h9,11H,3-8H2,1-2H3,(H,17,18). The number of aliphatic carboxylic acids is 1. The Balaban J connectivity index is 2.15. The molecule has 0 aromatic carbocycles. The molecule has 2 heterocycles. The topological polar surface area (TPSA) is 92.5 Å². The number of aromatic nitrogens is 2. The Bertz CT molecular complexity index is 623. The maximum absolute atomic E-state index is 12.5. The van der Waals surface area contributed by atoms with E-state index in [2.05, 4.69) is 4.98 Å². The van der Waals surface area contributed by atoms with E-state index in [4.69, 9.17) is 5.11 Å². The summed E-state index contributed by atoms with van der Waals surface area (Å²) in [5, 5.41) is 8.85. The fourth-order valence-corrected chi connectivity index (χ4v) is 4.16. The minimum Gasteiger partial charge on any atom is -0.481 e. The highest BCUT2D eigenvalue weighted by molar-refractivity contribution is 7.89. The molecular formula is C13H21N3O4S. The summed E-state index contributed by atoms with van der Waals surface area (Å²) in [7, 11) is -3.62. The van der Waals surface area contributed by atoms with Crippen molar-refractivity contribution in [2.24, 2.45) is 5.92 Å². The van der Waals surface area contributed by atoms with Crippen LogP contribution in [-0.2, 0) is 21.4 Å². The van der Waals surface area contributed by atoms with Crippen LogP contribution in [0.25, 0.3) is 0 Å². The molecule has 0 radical (unpaired) electrons. The summed E-state index contributed by atoms with van der Waals surface area (Å²) in [5.41, 5.74) is 0. The third-order valence-electron chi connectivity index (χ3n) is 3.73. The largest absolute Gasteiger partial charge is 0.481 e. The van der Waals surface area contributed by atoms with Crippen LogP contribution in [0.2, 0.25) is 0 Å². The Kier molecular flexibility index (Phi) is 4.67. The zero-order valence-electron chi connectivity index (χ0n) is 12.3. The molecule has 1 saturated heterocycles. The molecule has 1 N–H and O–H groups in total. The van der Waals surface area contributed by atoms with Crippen molar-refractivity contribution >= 4 is 16.0 Å². The van der Waals surface area contributed by atoms with Crippen molar-refractivity contribution in [1.82, 2.24) is 13.9 Å². The average Bonchev–Trinajstić information content (AvgIpc) is 2.98. The van der Waals surface area contributed by atoms with Crippen LogP contribution in [0, 0.1) is 12.8 Å². The van der Waals surface area contributed by atoms with Crippen LogP contribution in [0.4, 0.5) is 0 Å². The lowest BCUT2D eigenvalue weighted by atomic mass is 10.1. The highest BCUT2D eigenvalue weighted by atomic mass is 32.2. The molecule has 1 atom stereocenters. The number of rotatable bonds is 6. The maximum atomic E-state index is 12.5. The summed E-state index contributed by atoms with van der Waals surface area (Å²) in [4.78, 5) is 14.9. The van der Waals surface area contributed by atoms with Crippen molar-refractivity contribution in [3.8, 4) is 0 Å². The number of hydrogen-bond acceptors (Lipinski definition) is 4. The van der Waals surface area contributed by atoms with Crippen LogP contribution in [0.15, 0.2) is 11.2 Å². The first-order chi connectivity index (χ1) is 9.84. The first-order valence-corrected chi connectivity index (χ1v) is 8.54. The van der Waals surface area contributed by atoms with E-state index >= 15 is 0 Å². The maximum Gasteiger partial charge on any atom is 0.303 e. The number of carboxylic acids is 1. The molecule has 7 nitrogen and oxygen atoms in total. The van der Waals surface area contributed by atoms with Crippen LogP contribution in [-0.4, -0.2) is 46.4 Å². The summed E-state index contributed by atoms with van der Waals surface area (Å²) in [5.74, 6) is -0.324. The van der Waals surface area contributed by atoms with Gasteiger partial charge in [0.1, 0.15) is 5.82 Å². The minimum absolute atomic E-state index is 0.00925. The Morgan fingerprint density at radius 1 is 1.52 bits per heavy atom. The Hall–Kier alpha value is -1.41. The molecule has 0 spiro atoms. The number of aryl methyl sites for hydroxylation is 2. The van der Waals surface area contributed by atoms with Crippen molar-refractivity contribution < 1.29 is 18.3 Å². The van der Waals surface area contributed by atoms with Gasteiger partial charge in [0.2, 0.25) is 0 Å². The predicted molar refractivity (Wildman–Crippen MR) is 76.4 cm³/mol. The van der Waals surface area contributed by atoms with Gasteiger partial charge in [-0.2, -0.15) is 4.31 Å². The van der Waals surface area contributed by atoms with Crippen LogP contribution in [0.5, 0.6) is 0 Å². The SMILES string of the molecule is CCCn1cc(S(=O)(=O)N2CCC(CC(=O)O)C2)nc1C. The van der Waals surface area contributed by atoms with Crippen molar-refractivity contribution in [2.45, 2.75) is 44.7 Å². The molecule has 0 aliphatic carbocycles. The van der Waals surface area contributed by atoms with Crippen LogP contribution in [0.3, 0.4) is 0 Å². The highest BCUT2D eigenvalue weighted by Gasteiger charge is 2.35. The highest BCUT2D eigenvalue weighted by Crippen LogP contribution is 2.25. The van der Waals surface area contributed by atoms with E-state index in [1.54, 1.807) is 13.1 Å². The Morgan fingerprint density at radius 2 is 2.24 bits per heavy atom. The van der Waals surface area contributed by atoms with E-state index in [1.807, 2.05) is 11.5 Å². The molecule has 118 valence electrons. The molecule has 1 fully saturated rings. The smallest absolute Gasteiger partial charge is 0.303 e. The first kappa shape index (κ1) is 16.0. The molecular weight excluding hydrogens is 294 g/mol. The Labute approximate surface area is 124 Å². The molecule has 0 amide bonds. The molecule has 1 aliphatic heterocycles. The van der Waals surface area contributed by atoms with E-state index < -0.39 is 16.0 Å². The number of nitrogens with zero attached hydrogens (tertiary/aromatic N) is 3. The molecule has 1 unspecified atom stereocenters. The summed E-state index contributed by atoms with van der Waals surface area (Å²) in [6, 6.07) is 0.